The molecular weight excluding hydrogens is 361 g/mol. The van der Waals surface area contributed by atoms with Gasteiger partial charge in [-0.15, -0.1) is 13.2 Å². The van der Waals surface area contributed by atoms with Crippen LogP contribution in [0.15, 0.2) is 54.6 Å². The number of halogens is 3. The average molecular weight is 380 g/mol. The highest BCUT2D eigenvalue weighted by molar-refractivity contribution is 5.94. The van der Waals surface area contributed by atoms with Gasteiger partial charge < -0.3 is 15.0 Å². The molecule has 2 amide bonds. The molecule has 1 N–H and O–H groups in total. The van der Waals surface area contributed by atoms with E-state index in [1.807, 2.05) is 0 Å². The monoisotopic (exact) mass is 380 g/mol. The Morgan fingerprint density at radius 1 is 1.04 bits per heavy atom. The second-order valence-electron chi connectivity index (χ2n) is 5.78. The zero-order valence-electron chi connectivity index (χ0n) is 14.6. The van der Waals surface area contributed by atoms with E-state index in [-0.39, 0.29) is 42.6 Å². The molecule has 0 spiro atoms. The van der Waals surface area contributed by atoms with Crippen molar-refractivity contribution in [2.24, 2.45) is 0 Å². The predicted octanol–water partition coefficient (Wildman–Crippen LogP) is 3.36. The summed E-state index contributed by atoms with van der Waals surface area (Å²) >= 11 is 0. The molecule has 2 aromatic rings. The van der Waals surface area contributed by atoms with Gasteiger partial charge in [0, 0.05) is 37.7 Å². The van der Waals surface area contributed by atoms with Gasteiger partial charge >= 0.3 is 6.36 Å². The maximum absolute atomic E-state index is 12.5. The molecule has 0 aliphatic rings. The molecule has 27 heavy (non-hydrogen) atoms. The van der Waals surface area contributed by atoms with Crippen molar-refractivity contribution in [3.05, 3.63) is 65.7 Å². The SMILES string of the molecule is CN(Cc1ccccc1OC(F)(F)F)C(=O)CCNC(=O)c1ccccc1. The second-order valence-corrected chi connectivity index (χ2v) is 5.78. The predicted molar refractivity (Wildman–Crippen MR) is 93.0 cm³/mol. The van der Waals surface area contributed by atoms with E-state index in [1.54, 1.807) is 36.4 Å². The van der Waals surface area contributed by atoms with Crippen LogP contribution in [0.2, 0.25) is 0 Å². The van der Waals surface area contributed by atoms with Gasteiger partial charge in [-0.25, -0.2) is 0 Å². The smallest absolute Gasteiger partial charge is 0.405 e. The van der Waals surface area contributed by atoms with Crippen molar-refractivity contribution in [3.63, 3.8) is 0 Å². The van der Waals surface area contributed by atoms with Crippen LogP contribution in [0.5, 0.6) is 5.75 Å². The van der Waals surface area contributed by atoms with Gasteiger partial charge in [-0.2, -0.15) is 0 Å². The van der Waals surface area contributed by atoms with Gasteiger partial charge in [0.15, 0.2) is 0 Å². The number of nitrogens with one attached hydrogen (secondary N) is 1. The summed E-state index contributed by atoms with van der Waals surface area (Å²) in [6.07, 6.45) is -4.78. The summed E-state index contributed by atoms with van der Waals surface area (Å²) in [6.45, 7) is 0.0787. The van der Waals surface area contributed by atoms with E-state index < -0.39 is 6.36 Å². The number of hydrogen-bond donors (Lipinski definition) is 1. The molecule has 2 rings (SSSR count). The molecule has 144 valence electrons. The lowest BCUT2D eigenvalue weighted by Crippen LogP contribution is -2.32. The zero-order valence-corrected chi connectivity index (χ0v) is 14.6. The maximum atomic E-state index is 12.5. The fourth-order valence-corrected chi connectivity index (χ4v) is 2.37. The van der Waals surface area contributed by atoms with E-state index in [0.717, 1.165) is 0 Å². The zero-order chi connectivity index (χ0) is 19.9. The van der Waals surface area contributed by atoms with Crippen molar-refractivity contribution in [1.29, 1.82) is 0 Å². The van der Waals surface area contributed by atoms with Crippen molar-refractivity contribution in [2.45, 2.75) is 19.3 Å². The third-order valence-electron chi connectivity index (χ3n) is 3.69. The van der Waals surface area contributed by atoms with E-state index in [2.05, 4.69) is 10.1 Å². The van der Waals surface area contributed by atoms with Crippen molar-refractivity contribution < 1.29 is 27.5 Å². The number of ether oxygens (including phenoxy) is 1. The topological polar surface area (TPSA) is 58.6 Å². The quantitative estimate of drug-likeness (QED) is 0.801. The number of alkyl halides is 3. The molecule has 0 saturated heterocycles. The van der Waals surface area contributed by atoms with E-state index in [1.165, 1.54) is 30.1 Å². The number of benzene rings is 2. The first kappa shape index (κ1) is 20.3. The van der Waals surface area contributed by atoms with Crippen LogP contribution in [-0.2, 0) is 11.3 Å². The lowest BCUT2D eigenvalue weighted by Gasteiger charge is -2.20. The fourth-order valence-electron chi connectivity index (χ4n) is 2.37. The lowest BCUT2D eigenvalue weighted by molar-refractivity contribution is -0.275. The maximum Gasteiger partial charge on any atom is 0.573 e. The number of rotatable bonds is 7. The van der Waals surface area contributed by atoms with Gasteiger partial charge in [0.2, 0.25) is 5.91 Å². The Bertz CT molecular complexity index is 779. The molecule has 0 aliphatic carbocycles. The number of para-hydroxylation sites is 1. The minimum atomic E-state index is -4.81. The minimum Gasteiger partial charge on any atom is -0.405 e. The van der Waals surface area contributed by atoms with E-state index in [9.17, 15) is 22.8 Å². The van der Waals surface area contributed by atoms with Crippen LogP contribution < -0.4 is 10.1 Å². The van der Waals surface area contributed by atoms with Crippen LogP contribution >= 0.6 is 0 Å². The first-order chi connectivity index (χ1) is 12.8. The van der Waals surface area contributed by atoms with Crippen LogP contribution in [0, 0.1) is 0 Å². The molecule has 0 aliphatic heterocycles. The van der Waals surface area contributed by atoms with Gasteiger partial charge in [0.05, 0.1) is 0 Å². The standard InChI is InChI=1S/C19H19F3N2O3/c1-24(13-15-9-5-6-10-16(15)27-19(20,21)22)17(25)11-12-23-18(26)14-7-3-2-4-8-14/h2-10H,11-13H2,1H3,(H,23,26). The highest BCUT2D eigenvalue weighted by Gasteiger charge is 2.32. The molecule has 0 aromatic heterocycles. The molecule has 0 fully saturated rings. The summed E-state index contributed by atoms with van der Waals surface area (Å²) in [5.41, 5.74) is 0.718. The molecule has 0 saturated carbocycles. The van der Waals surface area contributed by atoms with Gasteiger partial charge in [-0.05, 0) is 18.2 Å². The fraction of sp³-hybridized carbons (Fsp3) is 0.263. The highest BCUT2D eigenvalue weighted by Crippen LogP contribution is 2.27. The number of carbonyl (C=O) groups is 2. The van der Waals surface area contributed by atoms with Gasteiger partial charge in [-0.1, -0.05) is 36.4 Å². The summed E-state index contributed by atoms with van der Waals surface area (Å²) in [4.78, 5) is 25.4. The molecule has 0 unspecified atom stereocenters. The summed E-state index contributed by atoms with van der Waals surface area (Å²) in [5.74, 6) is -0.956. The van der Waals surface area contributed by atoms with E-state index >= 15 is 0 Å². The minimum absolute atomic E-state index is 0.0252. The van der Waals surface area contributed by atoms with E-state index in [0.29, 0.717) is 5.56 Å². The summed E-state index contributed by atoms with van der Waals surface area (Å²) in [5, 5.41) is 2.63. The molecular formula is C19H19F3N2O3. The third-order valence-corrected chi connectivity index (χ3v) is 3.69. The molecule has 0 bridgehead atoms. The summed E-state index contributed by atoms with van der Waals surface area (Å²) in [7, 11) is 1.48. The first-order valence-electron chi connectivity index (χ1n) is 8.17. The van der Waals surface area contributed by atoms with E-state index in [4.69, 9.17) is 0 Å². The van der Waals surface area contributed by atoms with Crippen molar-refractivity contribution in [1.82, 2.24) is 10.2 Å². The molecule has 0 atom stereocenters. The Kier molecular flexibility index (Phi) is 6.81. The van der Waals surface area contributed by atoms with Crippen LogP contribution in [-0.4, -0.2) is 36.7 Å². The molecule has 2 aromatic carbocycles. The normalized spacial score (nSPS) is 11.0. The Labute approximate surface area is 154 Å². The number of nitrogens with zero attached hydrogens (tertiary/aromatic N) is 1. The van der Waals surface area contributed by atoms with Gasteiger partial charge in [0.1, 0.15) is 5.75 Å². The molecule has 0 heterocycles. The van der Waals surface area contributed by atoms with Crippen molar-refractivity contribution >= 4 is 11.8 Å². The van der Waals surface area contributed by atoms with Crippen molar-refractivity contribution in [2.75, 3.05) is 13.6 Å². The highest BCUT2D eigenvalue weighted by atomic mass is 19.4. The summed E-state index contributed by atoms with van der Waals surface area (Å²) < 4.78 is 41.3. The third kappa shape index (κ3) is 6.65. The van der Waals surface area contributed by atoms with Crippen LogP contribution in [0.25, 0.3) is 0 Å². The molecule has 8 heteroatoms. The lowest BCUT2D eigenvalue weighted by atomic mass is 10.2. The second kappa shape index (κ2) is 9.07. The number of hydrogen-bond acceptors (Lipinski definition) is 3. The summed E-state index contributed by atoms with van der Waals surface area (Å²) in [6, 6.07) is 14.2. The van der Waals surface area contributed by atoms with Gasteiger partial charge in [-0.3, -0.25) is 9.59 Å². The Hall–Kier alpha value is -3.03. The van der Waals surface area contributed by atoms with Crippen LogP contribution in [0.3, 0.4) is 0 Å². The Morgan fingerprint density at radius 3 is 2.33 bits per heavy atom. The Balaban J connectivity index is 1.86. The van der Waals surface area contributed by atoms with Crippen molar-refractivity contribution in [3.8, 4) is 5.75 Å². The number of carbonyl (C=O) groups excluding carboxylic acids is 2. The number of amides is 2. The molecule has 0 radical (unpaired) electrons. The largest absolute Gasteiger partial charge is 0.573 e. The average Bonchev–Trinajstić information content (AvgIpc) is 2.62. The first-order valence-corrected chi connectivity index (χ1v) is 8.17. The molecule has 5 nitrogen and oxygen atoms in total. The van der Waals surface area contributed by atoms with Gasteiger partial charge in [0.25, 0.3) is 5.91 Å². The Morgan fingerprint density at radius 2 is 1.67 bits per heavy atom. The van der Waals surface area contributed by atoms with Crippen LogP contribution in [0.1, 0.15) is 22.3 Å². The van der Waals surface area contributed by atoms with Crippen LogP contribution in [0.4, 0.5) is 13.2 Å².